The highest BCUT2D eigenvalue weighted by molar-refractivity contribution is 5.81. The van der Waals surface area contributed by atoms with E-state index < -0.39 is 0 Å². The van der Waals surface area contributed by atoms with Gasteiger partial charge in [0.25, 0.3) is 0 Å². The summed E-state index contributed by atoms with van der Waals surface area (Å²) in [6.07, 6.45) is 2.70. The molecule has 1 fully saturated rings. The quantitative estimate of drug-likeness (QED) is 0.584. The number of rotatable bonds is 6. The summed E-state index contributed by atoms with van der Waals surface area (Å²) in [7, 11) is 0. The lowest BCUT2D eigenvalue weighted by molar-refractivity contribution is -0.121. The van der Waals surface area contributed by atoms with E-state index in [1.54, 1.807) is 0 Å². The fourth-order valence-electron chi connectivity index (χ4n) is 2.97. The minimum absolute atomic E-state index is 0.0920. The van der Waals surface area contributed by atoms with Crippen LogP contribution >= 0.6 is 0 Å². The molecule has 0 aromatic rings. The van der Waals surface area contributed by atoms with Gasteiger partial charge in [-0.15, -0.1) is 0 Å². The minimum atomic E-state index is 0.0920. The third kappa shape index (κ3) is 6.67. The molecule has 1 saturated heterocycles. The van der Waals surface area contributed by atoms with E-state index in [4.69, 9.17) is 0 Å². The summed E-state index contributed by atoms with van der Waals surface area (Å²) in [6, 6.07) is 0.244. The van der Waals surface area contributed by atoms with Crippen LogP contribution in [0.25, 0.3) is 0 Å². The first-order valence-corrected chi connectivity index (χ1v) is 8.78. The lowest BCUT2D eigenvalue weighted by atomic mass is 9.92. The van der Waals surface area contributed by atoms with Gasteiger partial charge in [0.1, 0.15) is 0 Å². The second-order valence-corrected chi connectivity index (χ2v) is 6.71. The van der Waals surface area contributed by atoms with Gasteiger partial charge in [-0.2, -0.15) is 0 Å². The van der Waals surface area contributed by atoms with Crippen molar-refractivity contribution in [3.05, 3.63) is 0 Å². The molecule has 1 rings (SSSR count). The van der Waals surface area contributed by atoms with Crippen molar-refractivity contribution in [1.82, 2.24) is 15.5 Å². The lowest BCUT2D eigenvalue weighted by Crippen LogP contribution is -2.48. The maximum absolute atomic E-state index is 11.8. The van der Waals surface area contributed by atoms with E-state index in [9.17, 15) is 4.79 Å². The van der Waals surface area contributed by atoms with E-state index in [-0.39, 0.29) is 11.9 Å². The molecule has 1 aliphatic rings. The predicted octanol–water partition coefficient (Wildman–Crippen LogP) is 2.23. The Morgan fingerprint density at radius 3 is 2.45 bits per heavy atom. The van der Waals surface area contributed by atoms with Gasteiger partial charge in [-0.25, -0.2) is 0 Å². The third-order valence-corrected chi connectivity index (χ3v) is 4.12. The average Bonchev–Trinajstić information content (AvgIpc) is 2.45. The Kier molecular flexibility index (Phi) is 8.28. The lowest BCUT2D eigenvalue weighted by Gasteiger charge is -2.37. The van der Waals surface area contributed by atoms with E-state index in [1.807, 2.05) is 6.92 Å². The molecule has 128 valence electrons. The zero-order valence-electron chi connectivity index (χ0n) is 15.0. The number of nitrogens with one attached hydrogen (secondary N) is 2. The summed E-state index contributed by atoms with van der Waals surface area (Å²) in [4.78, 5) is 18.8. The molecule has 2 N–H and O–H groups in total. The van der Waals surface area contributed by atoms with Gasteiger partial charge < -0.3 is 15.5 Å². The fraction of sp³-hybridized carbons (Fsp3) is 0.882. The number of carbonyl (C=O) groups is 1. The van der Waals surface area contributed by atoms with Crippen LogP contribution in [0.15, 0.2) is 4.99 Å². The molecular weight excluding hydrogens is 276 g/mol. The largest absolute Gasteiger partial charge is 0.357 e. The molecule has 1 aliphatic heterocycles. The van der Waals surface area contributed by atoms with E-state index in [0.717, 1.165) is 32.0 Å². The third-order valence-electron chi connectivity index (χ3n) is 4.12. The Morgan fingerprint density at radius 1 is 1.27 bits per heavy atom. The fourth-order valence-corrected chi connectivity index (χ4v) is 2.97. The van der Waals surface area contributed by atoms with E-state index in [2.05, 4.69) is 48.2 Å². The summed E-state index contributed by atoms with van der Waals surface area (Å²) in [6.45, 7) is 14.3. The molecular formula is C17H34N4O. The number of guanidine groups is 1. The van der Waals surface area contributed by atoms with Gasteiger partial charge in [-0.3, -0.25) is 9.79 Å². The molecule has 5 nitrogen and oxygen atoms in total. The van der Waals surface area contributed by atoms with Crippen molar-refractivity contribution in [2.75, 3.05) is 26.2 Å². The zero-order chi connectivity index (χ0) is 16.5. The summed E-state index contributed by atoms with van der Waals surface area (Å²) in [5, 5.41) is 6.35. The van der Waals surface area contributed by atoms with Crippen LogP contribution in [-0.2, 0) is 4.79 Å². The molecule has 3 atom stereocenters. The van der Waals surface area contributed by atoms with Crippen LogP contribution in [0.3, 0.4) is 0 Å². The van der Waals surface area contributed by atoms with Gasteiger partial charge in [0, 0.05) is 32.1 Å². The SMILES string of the molecule is CCNC(=NCCC(=O)NC(C)CC)N1CC(C)CC(C)C1. The molecule has 3 unspecified atom stereocenters. The molecule has 0 saturated carbocycles. The standard InChI is InChI=1S/C17H34N4O/c1-6-15(5)20-16(22)8-9-19-17(18-7-2)21-11-13(3)10-14(4)12-21/h13-15H,6-12H2,1-5H3,(H,18,19)(H,20,22). The van der Waals surface area contributed by atoms with Crippen LogP contribution in [0.4, 0.5) is 0 Å². The maximum Gasteiger partial charge on any atom is 0.222 e. The first kappa shape index (κ1) is 18.8. The monoisotopic (exact) mass is 310 g/mol. The number of piperidine rings is 1. The van der Waals surface area contributed by atoms with Crippen LogP contribution in [0.1, 0.15) is 53.9 Å². The van der Waals surface area contributed by atoms with E-state index >= 15 is 0 Å². The highest BCUT2D eigenvalue weighted by atomic mass is 16.1. The molecule has 5 heteroatoms. The molecule has 1 heterocycles. The van der Waals surface area contributed by atoms with Gasteiger partial charge in [-0.05, 0) is 38.5 Å². The minimum Gasteiger partial charge on any atom is -0.357 e. The molecule has 22 heavy (non-hydrogen) atoms. The normalized spacial score (nSPS) is 24.0. The Labute approximate surface area is 135 Å². The van der Waals surface area contributed by atoms with Gasteiger partial charge in [-0.1, -0.05) is 20.8 Å². The van der Waals surface area contributed by atoms with E-state index in [0.29, 0.717) is 24.8 Å². The summed E-state index contributed by atoms with van der Waals surface area (Å²) >= 11 is 0. The van der Waals surface area contributed by atoms with Crippen molar-refractivity contribution < 1.29 is 4.79 Å². The van der Waals surface area contributed by atoms with Crippen LogP contribution in [0.2, 0.25) is 0 Å². The maximum atomic E-state index is 11.8. The highest BCUT2D eigenvalue weighted by Crippen LogP contribution is 2.20. The molecule has 0 aliphatic carbocycles. The average molecular weight is 310 g/mol. The van der Waals surface area contributed by atoms with Crippen molar-refractivity contribution in [3.8, 4) is 0 Å². The number of aliphatic imine (C=N–C) groups is 1. The van der Waals surface area contributed by atoms with E-state index in [1.165, 1.54) is 6.42 Å². The van der Waals surface area contributed by atoms with Crippen molar-refractivity contribution in [2.45, 2.75) is 59.9 Å². The summed E-state index contributed by atoms with van der Waals surface area (Å²) in [5.41, 5.74) is 0. The molecule has 0 spiro atoms. The Morgan fingerprint density at radius 2 is 1.91 bits per heavy atom. The van der Waals surface area contributed by atoms with Crippen molar-refractivity contribution >= 4 is 11.9 Å². The summed E-state index contributed by atoms with van der Waals surface area (Å²) < 4.78 is 0. The summed E-state index contributed by atoms with van der Waals surface area (Å²) in [5.74, 6) is 2.44. The van der Waals surface area contributed by atoms with Gasteiger partial charge in [0.2, 0.25) is 5.91 Å². The topological polar surface area (TPSA) is 56.7 Å². The second-order valence-electron chi connectivity index (χ2n) is 6.71. The number of hydrogen-bond donors (Lipinski definition) is 2. The van der Waals surface area contributed by atoms with Gasteiger partial charge in [0.05, 0.1) is 6.54 Å². The predicted molar refractivity (Wildman–Crippen MR) is 93.0 cm³/mol. The van der Waals surface area contributed by atoms with Gasteiger partial charge in [0.15, 0.2) is 5.96 Å². The molecule has 0 radical (unpaired) electrons. The Balaban J connectivity index is 2.53. The number of nitrogens with zero attached hydrogens (tertiary/aromatic N) is 2. The van der Waals surface area contributed by atoms with Crippen LogP contribution in [0.5, 0.6) is 0 Å². The second kappa shape index (κ2) is 9.70. The van der Waals surface area contributed by atoms with Crippen molar-refractivity contribution in [2.24, 2.45) is 16.8 Å². The van der Waals surface area contributed by atoms with Crippen molar-refractivity contribution in [3.63, 3.8) is 0 Å². The Bertz CT molecular complexity index is 360. The number of carbonyl (C=O) groups excluding carboxylic acids is 1. The molecule has 0 aromatic carbocycles. The van der Waals surface area contributed by atoms with Crippen LogP contribution in [0, 0.1) is 11.8 Å². The number of amides is 1. The first-order chi connectivity index (χ1) is 10.5. The Hall–Kier alpha value is -1.26. The molecule has 0 aromatic heterocycles. The van der Waals surface area contributed by atoms with Crippen molar-refractivity contribution in [1.29, 1.82) is 0 Å². The molecule has 0 bridgehead atoms. The first-order valence-electron chi connectivity index (χ1n) is 8.78. The smallest absolute Gasteiger partial charge is 0.222 e. The highest BCUT2D eigenvalue weighted by Gasteiger charge is 2.23. The molecule has 1 amide bonds. The number of hydrogen-bond acceptors (Lipinski definition) is 2. The van der Waals surface area contributed by atoms with Crippen LogP contribution in [-0.4, -0.2) is 49.0 Å². The van der Waals surface area contributed by atoms with Gasteiger partial charge >= 0.3 is 0 Å². The number of likely N-dealkylation sites (tertiary alicyclic amines) is 1. The zero-order valence-corrected chi connectivity index (χ0v) is 15.0. The van der Waals surface area contributed by atoms with Crippen LogP contribution < -0.4 is 10.6 Å².